The van der Waals surface area contributed by atoms with Gasteiger partial charge in [-0.1, -0.05) is 17.3 Å². The number of aryl methyl sites for hydroxylation is 2. The normalized spacial score (nSPS) is 14.5. The molecule has 1 fully saturated rings. The molecular weight excluding hydrogens is 413 g/mol. The van der Waals surface area contributed by atoms with Crippen LogP contribution in [0.3, 0.4) is 0 Å². The van der Waals surface area contributed by atoms with Gasteiger partial charge in [0, 0.05) is 36.7 Å². The largest absolute Gasteiger partial charge is 0.361 e. The van der Waals surface area contributed by atoms with Gasteiger partial charge in [-0.05, 0) is 51.3 Å². The molecule has 3 aromatic rings. The van der Waals surface area contributed by atoms with Crippen LogP contribution in [-0.4, -0.2) is 45.2 Å². The molecule has 2 N–H and O–H groups in total. The SMILES string of the molecule is Cc1noc(C)c1CCC(=O)N1CCC(c2cc(C(=O)Nc3ccccc3F)n[nH]2)CC1. The van der Waals surface area contributed by atoms with E-state index in [2.05, 4.69) is 20.7 Å². The smallest absolute Gasteiger partial charge is 0.276 e. The number of aromatic nitrogens is 3. The lowest BCUT2D eigenvalue weighted by molar-refractivity contribution is -0.132. The van der Waals surface area contributed by atoms with E-state index < -0.39 is 11.7 Å². The average molecular weight is 439 g/mol. The number of benzene rings is 1. The molecular formula is C23H26FN5O3. The summed E-state index contributed by atoms with van der Waals surface area (Å²) in [7, 11) is 0. The van der Waals surface area contributed by atoms with E-state index >= 15 is 0 Å². The van der Waals surface area contributed by atoms with E-state index in [1.165, 1.54) is 12.1 Å². The van der Waals surface area contributed by atoms with Crippen LogP contribution in [0.5, 0.6) is 0 Å². The molecule has 9 heteroatoms. The Hall–Kier alpha value is -3.49. The molecule has 4 rings (SSSR count). The van der Waals surface area contributed by atoms with Gasteiger partial charge in [-0.3, -0.25) is 14.7 Å². The van der Waals surface area contributed by atoms with Crippen LogP contribution in [0.2, 0.25) is 0 Å². The van der Waals surface area contributed by atoms with Gasteiger partial charge >= 0.3 is 0 Å². The van der Waals surface area contributed by atoms with Crippen LogP contribution in [-0.2, 0) is 11.2 Å². The number of anilines is 1. The molecule has 0 spiro atoms. The van der Waals surface area contributed by atoms with Crippen molar-refractivity contribution in [2.45, 2.75) is 45.4 Å². The van der Waals surface area contributed by atoms with Crippen LogP contribution in [0, 0.1) is 19.7 Å². The first kappa shape index (κ1) is 21.7. The van der Waals surface area contributed by atoms with Gasteiger partial charge < -0.3 is 14.7 Å². The first-order chi connectivity index (χ1) is 15.4. The zero-order valence-electron chi connectivity index (χ0n) is 18.2. The molecule has 2 amide bonds. The van der Waals surface area contributed by atoms with Crippen LogP contribution in [0.4, 0.5) is 10.1 Å². The minimum atomic E-state index is -0.497. The number of nitrogens with one attached hydrogen (secondary N) is 2. The third kappa shape index (κ3) is 4.71. The van der Waals surface area contributed by atoms with Gasteiger partial charge in [0.05, 0.1) is 11.4 Å². The highest BCUT2D eigenvalue weighted by molar-refractivity contribution is 6.03. The van der Waals surface area contributed by atoms with Crippen LogP contribution < -0.4 is 5.32 Å². The Labute approximate surface area is 185 Å². The number of amides is 2. The summed E-state index contributed by atoms with van der Waals surface area (Å²) in [6, 6.07) is 7.70. The third-order valence-electron chi connectivity index (χ3n) is 6.01. The van der Waals surface area contributed by atoms with Crippen molar-refractivity contribution in [3.8, 4) is 0 Å². The minimum Gasteiger partial charge on any atom is -0.361 e. The number of H-pyrrole nitrogens is 1. The summed E-state index contributed by atoms with van der Waals surface area (Å²) in [5, 5.41) is 13.5. The maximum Gasteiger partial charge on any atom is 0.276 e. The van der Waals surface area contributed by atoms with Crippen molar-refractivity contribution < 1.29 is 18.5 Å². The zero-order valence-corrected chi connectivity index (χ0v) is 18.2. The Morgan fingerprint density at radius 2 is 2.00 bits per heavy atom. The Kier molecular flexibility index (Phi) is 6.34. The second-order valence-electron chi connectivity index (χ2n) is 8.10. The molecule has 0 radical (unpaired) electrons. The van der Waals surface area contributed by atoms with E-state index in [0.29, 0.717) is 25.9 Å². The van der Waals surface area contributed by atoms with Gasteiger partial charge in [-0.2, -0.15) is 5.10 Å². The second-order valence-corrected chi connectivity index (χ2v) is 8.10. The van der Waals surface area contributed by atoms with Gasteiger partial charge in [0.2, 0.25) is 5.91 Å². The number of hydrogen-bond acceptors (Lipinski definition) is 5. The number of rotatable bonds is 6. The van der Waals surface area contributed by atoms with E-state index in [-0.39, 0.29) is 23.2 Å². The first-order valence-electron chi connectivity index (χ1n) is 10.7. The van der Waals surface area contributed by atoms with Gasteiger partial charge in [0.1, 0.15) is 11.6 Å². The number of aromatic amines is 1. The van der Waals surface area contributed by atoms with Crippen molar-refractivity contribution in [2.75, 3.05) is 18.4 Å². The summed E-state index contributed by atoms with van der Waals surface area (Å²) in [6.07, 6.45) is 2.63. The van der Waals surface area contributed by atoms with Gasteiger partial charge in [-0.25, -0.2) is 4.39 Å². The lowest BCUT2D eigenvalue weighted by Gasteiger charge is -2.31. The molecule has 1 aromatic carbocycles. The van der Waals surface area contributed by atoms with Crippen molar-refractivity contribution in [1.82, 2.24) is 20.3 Å². The zero-order chi connectivity index (χ0) is 22.7. The first-order valence-corrected chi connectivity index (χ1v) is 10.7. The van der Waals surface area contributed by atoms with Crippen molar-refractivity contribution in [2.24, 2.45) is 0 Å². The molecule has 32 heavy (non-hydrogen) atoms. The van der Waals surface area contributed by atoms with Gasteiger partial charge in [0.15, 0.2) is 5.69 Å². The minimum absolute atomic E-state index is 0.116. The molecule has 3 heterocycles. The van der Waals surface area contributed by atoms with E-state index in [4.69, 9.17) is 4.52 Å². The van der Waals surface area contributed by atoms with Crippen LogP contribution in [0.1, 0.15) is 58.4 Å². The van der Waals surface area contributed by atoms with Crippen LogP contribution >= 0.6 is 0 Å². The Morgan fingerprint density at radius 3 is 2.69 bits per heavy atom. The Balaban J connectivity index is 1.29. The fourth-order valence-electron chi connectivity index (χ4n) is 4.10. The Bertz CT molecular complexity index is 1100. The highest BCUT2D eigenvalue weighted by Gasteiger charge is 2.26. The molecule has 168 valence electrons. The number of likely N-dealkylation sites (tertiary alicyclic amines) is 1. The summed E-state index contributed by atoms with van der Waals surface area (Å²) < 4.78 is 18.9. The van der Waals surface area contributed by atoms with E-state index in [1.54, 1.807) is 18.2 Å². The number of halogens is 1. The summed E-state index contributed by atoms with van der Waals surface area (Å²) in [4.78, 5) is 26.9. The monoisotopic (exact) mass is 439 g/mol. The number of nitrogens with zero attached hydrogens (tertiary/aromatic N) is 3. The summed E-state index contributed by atoms with van der Waals surface area (Å²) in [5.74, 6) is 0.109. The molecule has 1 aliphatic rings. The standard InChI is InChI=1S/C23H26FN5O3/c1-14-17(15(2)32-28-14)7-8-22(30)29-11-9-16(10-12-29)20-13-21(27-26-20)23(31)25-19-6-4-3-5-18(19)24/h3-6,13,16H,7-12H2,1-2H3,(H,25,31)(H,26,27). The second kappa shape index (κ2) is 9.33. The van der Waals surface area contributed by atoms with E-state index in [0.717, 1.165) is 35.6 Å². The van der Waals surface area contributed by atoms with Crippen molar-refractivity contribution in [1.29, 1.82) is 0 Å². The molecule has 0 saturated carbocycles. The van der Waals surface area contributed by atoms with Gasteiger partial charge in [0.25, 0.3) is 5.91 Å². The molecule has 0 aliphatic carbocycles. The molecule has 1 aliphatic heterocycles. The van der Waals surface area contributed by atoms with E-state index in [1.807, 2.05) is 18.7 Å². The van der Waals surface area contributed by atoms with Crippen molar-refractivity contribution >= 4 is 17.5 Å². The van der Waals surface area contributed by atoms with Crippen molar-refractivity contribution in [3.05, 3.63) is 64.6 Å². The van der Waals surface area contributed by atoms with Crippen LogP contribution in [0.15, 0.2) is 34.9 Å². The predicted molar refractivity (Wildman–Crippen MR) is 116 cm³/mol. The van der Waals surface area contributed by atoms with Gasteiger partial charge in [-0.15, -0.1) is 0 Å². The molecule has 0 atom stereocenters. The molecule has 1 saturated heterocycles. The highest BCUT2D eigenvalue weighted by atomic mass is 19.1. The number of carbonyl (C=O) groups excluding carboxylic acids is 2. The summed E-state index contributed by atoms with van der Waals surface area (Å²) in [5.41, 5.74) is 3.02. The molecule has 0 bridgehead atoms. The maximum atomic E-state index is 13.8. The molecule has 0 unspecified atom stereocenters. The number of carbonyl (C=O) groups is 2. The lowest BCUT2D eigenvalue weighted by atomic mass is 9.93. The summed E-state index contributed by atoms with van der Waals surface area (Å²) >= 11 is 0. The number of hydrogen-bond donors (Lipinski definition) is 2. The number of piperidine rings is 1. The highest BCUT2D eigenvalue weighted by Crippen LogP contribution is 2.28. The topological polar surface area (TPSA) is 104 Å². The third-order valence-corrected chi connectivity index (χ3v) is 6.01. The fraction of sp³-hybridized carbons (Fsp3) is 0.391. The quantitative estimate of drug-likeness (QED) is 0.609. The Morgan fingerprint density at radius 1 is 1.25 bits per heavy atom. The van der Waals surface area contributed by atoms with Crippen molar-refractivity contribution in [3.63, 3.8) is 0 Å². The average Bonchev–Trinajstić information content (AvgIpc) is 3.41. The fourth-order valence-corrected chi connectivity index (χ4v) is 4.10. The lowest BCUT2D eigenvalue weighted by Crippen LogP contribution is -2.38. The molecule has 8 nitrogen and oxygen atoms in total. The number of para-hydroxylation sites is 1. The predicted octanol–water partition coefficient (Wildman–Crippen LogP) is 3.74. The summed E-state index contributed by atoms with van der Waals surface area (Å²) in [6.45, 7) is 5.05. The van der Waals surface area contributed by atoms with Crippen LogP contribution in [0.25, 0.3) is 0 Å². The van der Waals surface area contributed by atoms with E-state index in [9.17, 15) is 14.0 Å². The molecule has 2 aromatic heterocycles. The maximum absolute atomic E-state index is 13.8.